The lowest BCUT2D eigenvalue weighted by molar-refractivity contribution is 0.0824. The van der Waals surface area contributed by atoms with E-state index in [0.717, 1.165) is 12.1 Å². The molecule has 0 aliphatic heterocycles. The first-order chi connectivity index (χ1) is 9.02. The zero-order valence-corrected chi connectivity index (χ0v) is 9.96. The van der Waals surface area contributed by atoms with E-state index in [1.54, 1.807) is 6.07 Å². The number of benzene rings is 2. The van der Waals surface area contributed by atoms with Gasteiger partial charge in [0.15, 0.2) is 11.6 Å². The molecule has 0 bridgehead atoms. The molecule has 0 heterocycles. The summed E-state index contributed by atoms with van der Waals surface area (Å²) >= 11 is 0. The van der Waals surface area contributed by atoms with Gasteiger partial charge in [0.1, 0.15) is 11.4 Å². The maximum atomic E-state index is 13.6. The number of aliphatic hydroxyl groups is 1. The molecule has 1 N–H and O–H groups in total. The first-order valence-corrected chi connectivity index (χ1v) is 5.98. The van der Waals surface area contributed by atoms with Crippen molar-refractivity contribution < 1.29 is 18.3 Å². The van der Waals surface area contributed by atoms with E-state index in [9.17, 15) is 18.3 Å². The van der Waals surface area contributed by atoms with Gasteiger partial charge in [0.05, 0.1) is 0 Å². The monoisotopic (exact) mass is 264 g/mol. The van der Waals surface area contributed by atoms with Crippen LogP contribution in [-0.4, -0.2) is 5.11 Å². The molecule has 1 unspecified atom stereocenters. The van der Waals surface area contributed by atoms with Crippen LogP contribution in [0.3, 0.4) is 0 Å². The van der Waals surface area contributed by atoms with E-state index in [2.05, 4.69) is 0 Å². The number of halogens is 3. The van der Waals surface area contributed by atoms with Gasteiger partial charge in [-0.3, -0.25) is 0 Å². The van der Waals surface area contributed by atoms with Gasteiger partial charge in [-0.05, 0) is 47.7 Å². The van der Waals surface area contributed by atoms with Crippen molar-refractivity contribution in [3.8, 4) is 0 Å². The molecule has 1 nitrogen and oxygen atoms in total. The van der Waals surface area contributed by atoms with Crippen LogP contribution in [0.5, 0.6) is 0 Å². The molecule has 1 aliphatic carbocycles. The summed E-state index contributed by atoms with van der Waals surface area (Å²) in [6.45, 7) is 0. The van der Waals surface area contributed by atoms with Crippen LogP contribution in [0.2, 0.25) is 0 Å². The standard InChI is InChI=1S/C15H11F3O/c16-12-3-1-2-11-10(12)6-7-15(11,19)9-4-5-13(17)14(18)8-9/h1-5,8,19H,6-7H2. The summed E-state index contributed by atoms with van der Waals surface area (Å²) in [7, 11) is 0. The van der Waals surface area contributed by atoms with Gasteiger partial charge in [-0.15, -0.1) is 0 Å². The van der Waals surface area contributed by atoms with Gasteiger partial charge in [-0.2, -0.15) is 0 Å². The fourth-order valence-electron chi connectivity index (χ4n) is 2.69. The molecule has 0 aromatic heterocycles. The molecular weight excluding hydrogens is 253 g/mol. The average Bonchev–Trinajstić information content (AvgIpc) is 2.74. The Morgan fingerprint density at radius 1 is 0.947 bits per heavy atom. The molecule has 1 atom stereocenters. The van der Waals surface area contributed by atoms with E-state index in [-0.39, 0.29) is 17.8 Å². The van der Waals surface area contributed by atoms with Crippen LogP contribution in [0.1, 0.15) is 23.1 Å². The Bertz CT molecular complexity index is 654. The largest absolute Gasteiger partial charge is 0.380 e. The zero-order valence-electron chi connectivity index (χ0n) is 9.96. The van der Waals surface area contributed by atoms with Crippen LogP contribution in [0.25, 0.3) is 0 Å². The molecular formula is C15H11F3O. The van der Waals surface area contributed by atoms with E-state index in [1.807, 2.05) is 0 Å². The van der Waals surface area contributed by atoms with Gasteiger partial charge in [0.2, 0.25) is 0 Å². The van der Waals surface area contributed by atoms with Crippen LogP contribution in [0.4, 0.5) is 13.2 Å². The molecule has 19 heavy (non-hydrogen) atoms. The van der Waals surface area contributed by atoms with Crippen molar-refractivity contribution in [2.45, 2.75) is 18.4 Å². The van der Waals surface area contributed by atoms with Crippen LogP contribution < -0.4 is 0 Å². The van der Waals surface area contributed by atoms with Crippen LogP contribution in [0.15, 0.2) is 36.4 Å². The first kappa shape index (κ1) is 12.2. The Hall–Kier alpha value is -1.81. The Balaban J connectivity index is 2.16. The molecule has 3 rings (SSSR count). The van der Waals surface area contributed by atoms with Crippen molar-refractivity contribution >= 4 is 0 Å². The zero-order chi connectivity index (χ0) is 13.6. The predicted molar refractivity (Wildman–Crippen MR) is 64.1 cm³/mol. The quantitative estimate of drug-likeness (QED) is 0.838. The third-order valence-electron chi connectivity index (χ3n) is 3.70. The summed E-state index contributed by atoms with van der Waals surface area (Å²) in [5.41, 5.74) is -0.338. The molecule has 2 aromatic carbocycles. The lowest BCUT2D eigenvalue weighted by Crippen LogP contribution is -2.24. The number of hydrogen-bond acceptors (Lipinski definition) is 1. The summed E-state index contributed by atoms with van der Waals surface area (Å²) < 4.78 is 39.9. The van der Waals surface area contributed by atoms with Gasteiger partial charge >= 0.3 is 0 Å². The lowest BCUT2D eigenvalue weighted by Gasteiger charge is -2.24. The average molecular weight is 264 g/mol. The van der Waals surface area contributed by atoms with E-state index >= 15 is 0 Å². The molecule has 98 valence electrons. The summed E-state index contributed by atoms with van der Waals surface area (Å²) in [6, 6.07) is 7.72. The van der Waals surface area contributed by atoms with E-state index < -0.39 is 17.2 Å². The number of fused-ring (bicyclic) bond motifs is 1. The second kappa shape index (κ2) is 4.10. The van der Waals surface area contributed by atoms with Gasteiger partial charge in [0, 0.05) is 0 Å². The SMILES string of the molecule is OC1(c2ccc(F)c(F)c2)CCc2c(F)cccc21. The summed E-state index contributed by atoms with van der Waals surface area (Å²) in [6.07, 6.45) is 0.631. The fraction of sp³-hybridized carbons (Fsp3) is 0.200. The Morgan fingerprint density at radius 3 is 2.47 bits per heavy atom. The van der Waals surface area contributed by atoms with Gasteiger partial charge in [-0.25, -0.2) is 13.2 Å². The second-order valence-electron chi connectivity index (χ2n) is 4.76. The molecule has 4 heteroatoms. The van der Waals surface area contributed by atoms with E-state index in [4.69, 9.17) is 0 Å². The van der Waals surface area contributed by atoms with Crippen molar-refractivity contribution in [1.82, 2.24) is 0 Å². The third-order valence-corrected chi connectivity index (χ3v) is 3.70. The van der Waals surface area contributed by atoms with Crippen molar-refractivity contribution in [2.75, 3.05) is 0 Å². The molecule has 0 radical (unpaired) electrons. The van der Waals surface area contributed by atoms with Gasteiger partial charge in [0.25, 0.3) is 0 Å². The number of hydrogen-bond donors (Lipinski definition) is 1. The topological polar surface area (TPSA) is 20.2 Å². The minimum atomic E-state index is -1.45. The molecule has 0 saturated heterocycles. The summed E-state index contributed by atoms with van der Waals surface area (Å²) in [5, 5.41) is 10.7. The fourth-order valence-corrected chi connectivity index (χ4v) is 2.69. The first-order valence-electron chi connectivity index (χ1n) is 5.98. The molecule has 0 amide bonds. The molecule has 0 saturated carbocycles. The third kappa shape index (κ3) is 1.75. The second-order valence-corrected chi connectivity index (χ2v) is 4.76. The maximum Gasteiger partial charge on any atom is 0.159 e. The van der Waals surface area contributed by atoms with Crippen LogP contribution in [0, 0.1) is 17.5 Å². The Labute approximate surface area is 108 Å². The molecule has 1 aliphatic rings. The summed E-state index contributed by atoms with van der Waals surface area (Å²) in [5.74, 6) is -2.36. The smallest absolute Gasteiger partial charge is 0.159 e. The Kier molecular flexibility index (Phi) is 2.64. The van der Waals surface area contributed by atoms with Crippen molar-refractivity contribution in [3.05, 3.63) is 70.5 Å². The normalized spacial score (nSPS) is 21.5. The maximum absolute atomic E-state index is 13.6. The van der Waals surface area contributed by atoms with Gasteiger partial charge < -0.3 is 5.11 Å². The highest BCUT2D eigenvalue weighted by Crippen LogP contribution is 2.42. The van der Waals surface area contributed by atoms with E-state index in [0.29, 0.717) is 17.5 Å². The van der Waals surface area contributed by atoms with E-state index in [1.165, 1.54) is 18.2 Å². The Morgan fingerprint density at radius 2 is 1.74 bits per heavy atom. The minimum Gasteiger partial charge on any atom is -0.380 e. The molecule has 0 spiro atoms. The molecule has 2 aromatic rings. The lowest BCUT2D eigenvalue weighted by atomic mass is 9.88. The van der Waals surface area contributed by atoms with Crippen molar-refractivity contribution in [2.24, 2.45) is 0 Å². The predicted octanol–water partition coefficient (Wildman–Crippen LogP) is 3.29. The van der Waals surface area contributed by atoms with Crippen LogP contribution in [-0.2, 0) is 12.0 Å². The summed E-state index contributed by atoms with van der Waals surface area (Å²) in [4.78, 5) is 0. The van der Waals surface area contributed by atoms with Crippen molar-refractivity contribution in [1.29, 1.82) is 0 Å². The van der Waals surface area contributed by atoms with Crippen LogP contribution >= 0.6 is 0 Å². The highest BCUT2D eigenvalue weighted by Gasteiger charge is 2.39. The highest BCUT2D eigenvalue weighted by molar-refractivity contribution is 5.45. The minimum absolute atomic E-state index is 0.246. The number of rotatable bonds is 1. The highest BCUT2D eigenvalue weighted by atomic mass is 19.2. The van der Waals surface area contributed by atoms with Gasteiger partial charge in [-0.1, -0.05) is 18.2 Å². The van der Waals surface area contributed by atoms with Crippen molar-refractivity contribution in [3.63, 3.8) is 0 Å². The molecule has 0 fully saturated rings.